The number of benzene rings is 2. The maximum Gasteiger partial charge on any atom is 0.278 e. The first-order valence-electron chi connectivity index (χ1n) is 13.9. The Labute approximate surface area is 229 Å². The molecule has 2 aliphatic heterocycles. The third kappa shape index (κ3) is 5.16. The molecule has 0 saturated carbocycles. The van der Waals surface area contributed by atoms with Crippen LogP contribution in [0.3, 0.4) is 0 Å². The lowest BCUT2D eigenvalue weighted by molar-refractivity contribution is 0.0945. The van der Waals surface area contributed by atoms with Crippen molar-refractivity contribution in [3.05, 3.63) is 71.1 Å². The van der Waals surface area contributed by atoms with Crippen molar-refractivity contribution in [2.75, 3.05) is 57.2 Å². The lowest BCUT2D eigenvalue weighted by Gasteiger charge is -2.46. The summed E-state index contributed by atoms with van der Waals surface area (Å²) in [4.78, 5) is 27.4. The van der Waals surface area contributed by atoms with Gasteiger partial charge >= 0.3 is 0 Å². The Morgan fingerprint density at radius 1 is 0.923 bits per heavy atom. The van der Waals surface area contributed by atoms with E-state index in [2.05, 4.69) is 51.4 Å². The predicted octanol–water partition coefficient (Wildman–Crippen LogP) is 4.28. The molecule has 9 heteroatoms. The summed E-state index contributed by atoms with van der Waals surface area (Å²) in [6.45, 7) is 5.53. The summed E-state index contributed by atoms with van der Waals surface area (Å²) in [6, 6.07) is 18.3. The maximum absolute atomic E-state index is 13.2. The molecule has 2 saturated heterocycles. The van der Waals surface area contributed by atoms with Gasteiger partial charge in [-0.3, -0.25) is 4.79 Å². The van der Waals surface area contributed by atoms with E-state index in [9.17, 15) is 4.79 Å². The van der Waals surface area contributed by atoms with Crippen LogP contribution in [0, 0.1) is 5.41 Å². The van der Waals surface area contributed by atoms with Crippen LogP contribution in [-0.4, -0.2) is 71.2 Å². The van der Waals surface area contributed by atoms with Crippen molar-refractivity contribution in [1.82, 2.24) is 24.2 Å². The quantitative estimate of drug-likeness (QED) is 0.384. The van der Waals surface area contributed by atoms with E-state index < -0.39 is 0 Å². The minimum absolute atomic E-state index is 0.134. The van der Waals surface area contributed by atoms with E-state index in [0.29, 0.717) is 35.5 Å². The fourth-order valence-electron chi connectivity index (χ4n) is 6.02. The molecule has 2 aliphatic rings. The average molecular weight is 528 g/mol. The standard InChI is InChI=1S/C30H37N7O2/c1-34-16-12-30(13-17-34)14-18-35(19-15-30)24-10-8-23(9-11-24)32-29-31-22-26-27(33-29)37(25-6-4-3-5-7-25)36(28(26)38)20-21-39-2/h3-11,22H,12-21H2,1-2H3,(H,31,32,33). The lowest BCUT2D eigenvalue weighted by Crippen LogP contribution is -2.46. The van der Waals surface area contributed by atoms with Crippen LogP contribution < -0.4 is 15.8 Å². The number of hydrogen-bond acceptors (Lipinski definition) is 7. The minimum atomic E-state index is -0.134. The third-order valence-electron chi connectivity index (χ3n) is 8.54. The van der Waals surface area contributed by atoms with Gasteiger partial charge in [0.2, 0.25) is 5.95 Å². The van der Waals surface area contributed by atoms with E-state index in [1.807, 2.05) is 35.0 Å². The highest BCUT2D eigenvalue weighted by atomic mass is 16.5. The summed E-state index contributed by atoms with van der Waals surface area (Å²) >= 11 is 0. The van der Waals surface area contributed by atoms with E-state index >= 15 is 0 Å². The van der Waals surface area contributed by atoms with Crippen LogP contribution in [0.2, 0.25) is 0 Å². The van der Waals surface area contributed by atoms with Gasteiger partial charge in [-0.1, -0.05) is 18.2 Å². The molecular formula is C30H37N7O2. The summed E-state index contributed by atoms with van der Waals surface area (Å²) in [5.41, 5.74) is 4.00. The van der Waals surface area contributed by atoms with Crippen LogP contribution in [0.15, 0.2) is 65.6 Å². The van der Waals surface area contributed by atoms with Crippen molar-refractivity contribution >= 4 is 28.4 Å². The number of anilines is 3. The topological polar surface area (TPSA) is 80.5 Å². The largest absolute Gasteiger partial charge is 0.383 e. The number of fused-ring (bicyclic) bond motifs is 1. The Morgan fingerprint density at radius 2 is 1.62 bits per heavy atom. The number of methoxy groups -OCH3 is 1. The minimum Gasteiger partial charge on any atom is -0.383 e. The van der Waals surface area contributed by atoms with Crippen LogP contribution >= 0.6 is 0 Å². The molecule has 204 valence electrons. The molecule has 2 aromatic carbocycles. The number of piperidine rings is 2. The average Bonchev–Trinajstić information content (AvgIpc) is 3.25. The number of hydrogen-bond donors (Lipinski definition) is 1. The van der Waals surface area contributed by atoms with Crippen molar-refractivity contribution in [3.8, 4) is 5.69 Å². The molecule has 2 aromatic heterocycles. The summed E-state index contributed by atoms with van der Waals surface area (Å²) in [7, 11) is 3.87. The molecule has 4 aromatic rings. The number of nitrogens with zero attached hydrogens (tertiary/aromatic N) is 6. The summed E-state index contributed by atoms with van der Waals surface area (Å²) in [6.07, 6.45) is 6.83. The molecule has 0 unspecified atom stereocenters. The van der Waals surface area contributed by atoms with Gasteiger partial charge in [0, 0.05) is 37.8 Å². The Hall–Kier alpha value is -3.69. The van der Waals surface area contributed by atoms with Crippen LogP contribution in [-0.2, 0) is 11.3 Å². The number of ether oxygens (including phenoxy) is 1. The van der Waals surface area contributed by atoms with Crippen molar-refractivity contribution in [2.45, 2.75) is 32.2 Å². The second-order valence-corrected chi connectivity index (χ2v) is 11.0. The molecule has 9 nitrogen and oxygen atoms in total. The highest BCUT2D eigenvalue weighted by Crippen LogP contribution is 2.42. The van der Waals surface area contributed by atoms with Gasteiger partial charge in [-0.15, -0.1) is 0 Å². The zero-order valence-electron chi connectivity index (χ0n) is 22.8. The summed E-state index contributed by atoms with van der Waals surface area (Å²) in [5, 5.41) is 3.81. The number of aromatic nitrogens is 4. The molecular weight excluding hydrogens is 490 g/mol. The molecule has 0 aliphatic carbocycles. The second-order valence-electron chi connectivity index (χ2n) is 11.0. The predicted molar refractivity (Wildman–Crippen MR) is 155 cm³/mol. The molecule has 0 atom stereocenters. The molecule has 0 bridgehead atoms. The molecule has 0 amide bonds. The molecule has 39 heavy (non-hydrogen) atoms. The number of rotatable bonds is 7. The van der Waals surface area contributed by atoms with E-state index in [-0.39, 0.29) is 5.56 Å². The van der Waals surface area contributed by atoms with Crippen LogP contribution in [0.1, 0.15) is 25.7 Å². The van der Waals surface area contributed by atoms with Crippen molar-refractivity contribution in [1.29, 1.82) is 0 Å². The van der Waals surface area contributed by atoms with E-state index in [4.69, 9.17) is 9.72 Å². The summed E-state index contributed by atoms with van der Waals surface area (Å²) in [5.74, 6) is 0.450. The van der Waals surface area contributed by atoms with E-state index in [1.54, 1.807) is 18.0 Å². The summed E-state index contributed by atoms with van der Waals surface area (Å²) < 4.78 is 8.76. The monoisotopic (exact) mass is 527 g/mol. The first-order valence-corrected chi connectivity index (χ1v) is 13.9. The molecule has 0 radical (unpaired) electrons. The van der Waals surface area contributed by atoms with E-state index in [0.717, 1.165) is 24.5 Å². The highest BCUT2D eigenvalue weighted by molar-refractivity contribution is 5.77. The lowest BCUT2D eigenvalue weighted by atomic mass is 9.71. The Kier molecular flexibility index (Phi) is 7.10. The van der Waals surface area contributed by atoms with Gasteiger partial charge in [-0.05, 0) is 87.6 Å². The van der Waals surface area contributed by atoms with Gasteiger partial charge in [0.15, 0.2) is 5.65 Å². The maximum atomic E-state index is 13.2. The Balaban J connectivity index is 1.20. The SMILES string of the molecule is COCCn1c(=O)c2cnc(Nc3ccc(N4CCC5(CCN(C)CC5)CC4)cc3)nc2n1-c1ccccc1. The van der Waals surface area contributed by atoms with Crippen molar-refractivity contribution in [3.63, 3.8) is 0 Å². The van der Waals surface area contributed by atoms with Gasteiger partial charge in [-0.25, -0.2) is 14.3 Å². The fourth-order valence-corrected chi connectivity index (χ4v) is 6.02. The van der Waals surface area contributed by atoms with Gasteiger partial charge in [-0.2, -0.15) is 4.98 Å². The smallest absolute Gasteiger partial charge is 0.278 e. The second kappa shape index (κ2) is 10.8. The molecule has 2 fully saturated rings. The van der Waals surface area contributed by atoms with Gasteiger partial charge < -0.3 is 19.9 Å². The van der Waals surface area contributed by atoms with Crippen molar-refractivity contribution < 1.29 is 4.74 Å². The molecule has 4 heterocycles. The van der Waals surface area contributed by atoms with E-state index in [1.165, 1.54) is 44.5 Å². The zero-order chi connectivity index (χ0) is 26.8. The first kappa shape index (κ1) is 25.6. The molecule has 6 rings (SSSR count). The molecule has 1 N–H and O–H groups in total. The number of likely N-dealkylation sites (tertiary alicyclic amines) is 1. The van der Waals surface area contributed by atoms with Crippen LogP contribution in [0.25, 0.3) is 16.7 Å². The highest BCUT2D eigenvalue weighted by Gasteiger charge is 2.36. The fraction of sp³-hybridized carbons (Fsp3) is 0.433. The number of nitrogens with one attached hydrogen (secondary N) is 1. The van der Waals surface area contributed by atoms with Crippen LogP contribution in [0.5, 0.6) is 0 Å². The zero-order valence-corrected chi connectivity index (χ0v) is 22.8. The van der Waals surface area contributed by atoms with Gasteiger partial charge in [0.1, 0.15) is 5.39 Å². The Bertz CT molecular complexity index is 1460. The van der Waals surface area contributed by atoms with Crippen molar-refractivity contribution in [2.24, 2.45) is 5.41 Å². The van der Waals surface area contributed by atoms with Gasteiger partial charge in [0.25, 0.3) is 5.56 Å². The first-order chi connectivity index (χ1) is 19.0. The third-order valence-corrected chi connectivity index (χ3v) is 8.54. The van der Waals surface area contributed by atoms with Crippen LogP contribution in [0.4, 0.5) is 17.3 Å². The molecule has 1 spiro atoms. The number of para-hydroxylation sites is 1. The van der Waals surface area contributed by atoms with Gasteiger partial charge in [0.05, 0.1) is 18.8 Å². The Morgan fingerprint density at radius 3 is 2.31 bits per heavy atom. The normalized spacial score (nSPS) is 17.6.